The number of hydrazone groups is 1. The second-order valence-electron chi connectivity index (χ2n) is 3.22. The fourth-order valence-corrected chi connectivity index (χ4v) is 1.15. The molecular weight excluding hydrogens is 204 g/mol. The lowest BCUT2D eigenvalue weighted by molar-refractivity contribution is 0.926. The molecule has 0 saturated heterocycles. The van der Waals surface area contributed by atoms with Crippen molar-refractivity contribution in [3.63, 3.8) is 0 Å². The third kappa shape index (κ3) is 2.17. The van der Waals surface area contributed by atoms with E-state index in [1.165, 1.54) is 4.68 Å². The fourth-order valence-electron chi connectivity index (χ4n) is 1.15. The van der Waals surface area contributed by atoms with Gasteiger partial charge in [0.05, 0.1) is 6.21 Å². The van der Waals surface area contributed by atoms with Crippen molar-refractivity contribution in [1.82, 2.24) is 14.9 Å². The molecule has 0 saturated carbocycles. The number of aromatic nitrogens is 3. The Morgan fingerprint density at radius 3 is 2.69 bits per heavy atom. The molecule has 6 nitrogen and oxygen atoms in total. The number of aryl methyl sites for hydroxylation is 1. The van der Waals surface area contributed by atoms with Crippen LogP contribution in [0.1, 0.15) is 11.4 Å². The Kier molecular flexibility index (Phi) is 2.81. The molecule has 6 heteroatoms. The zero-order valence-corrected chi connectivity index (χ0v) is 8.83. The van der Waals surface area contributed by atoms with Crippen LogP contribution in [0.25, 0.3) is 0 Å². The van der Waals surface area contributed by atoms with Gasteiger partial charge in [-0.05, 0) is 12.5 Å². The van der Waals surface area contributed by atoms with Gasteiger partial charge in [-0.15, -0.1) is 10.2 Å². The summed E-state index contributed by atoms with van der Waals surface area (Å²) in [6.45, 7) is 1.76. The number of nitrogens with one attached hydrogen (secondary N) is 1. The van der Waals surface area contributed by atoms with E-state index in [9.17, 15) is 0 Å². The van der Waals surface area contributed by atoms with E-state index in [1.807, 2.05) is 30.3 Å². The first-order valence-corrected chi connectivity index (χ1v) is 4.78. The standard InChI is InChI=1S/C10H12N6/c1-8-13-15-10(16(8)11)14-12-7-9-5-3-2-4-6-9/h2-7H,11H2,1H3,(H,14,15)/b12-7+. The van der Waals surface area contributed by atoms with Crippen molar-refractivity contribution in [2.24, 2.45) is 5.10 Å². The van der Waals surface area contributed by atoms with Crippen molar-refractivity contribution in [2.45, 2.75) is 6.92 Å². The molecule has 0 aliphatic rings. The van der Waals surface area contributed by atoms with Crippen molar-refractivity contribution < 1.29 is 0 Å². The number of hydrogen-bond donors (Lipinski definition) is 2. The molecule has 82 valence electrons. The molecule has 0 aliphatic carbocycles. The molecule has 3 N–H and O–H groups in total. The molecule has 0 atom stereocenters. The normalized spacial score (nSPS) is 10.8. The first kappa shape index (κ1) is 10.2. The smallest absolute Gasteiger partial charge is 0.263 e. The van der Waals surface area contributed by atoms with E-state index in [4.69, 9.17) is 5.84 Å². The predicted molar refractivity (Wildman–Crippen MR) is 62.6 cm³/mol. The highest BCUT2D eigenvalue weighted by Gasteiger charge is 2.02. The third-order valence-electron chi connectivity index (χ3n) is 2.04. The number of nitrogens with two attached hydrogens (primary N) is 1. The molecule has 0 amide bonds. The maximum absolute atomic E-state index is 5.64. The molecule has 16 heavy (non-hydrogen) atoms. The van der Waals surface area contributed by atoms with Gasteiger partial charge < -0.3 is 5.84 Å². The van der Waals surface area contributed by atoms with Gasteiger partial charge in [-0.2, -0.15) is 5.10 Å². The van der Waals surface area contributed by atoms with Crippen LogP contribution in [0.4, 0.5) is 5.95 Å². The van der Waals surface area contributed by atoms with Gasteiger partial charge in [0.15, 0.2) is 5.82 Å². The second-order valence-corrected chi connectivity index (χ2v) is 3.22. The van der Waals surface area contributed by atoms with Crippen LogP contribution in [0.15, 0.2) is 35.4 Å². The van der Waals surface area contributed by atoms with Crippen LogP contribution in [0.5, 0.6) is 0 Å². The molecule has 0 fully saturated rings. The van der Waals surface area contributed by atoms with Crippen LogP contribution in [-0.4, -0.2) is 21.1 Å². The van der Waals surface area contributed by atoms with Gasteiger partial charge in [0, 0.05) is 0 Å². The minimum absolute atomic E-state index is 0.407. The van der Waals surface area contributed by atoms with Crippen molar-refractivity contribution >= 4 is 12.2 Å². The van der Waals surface area contributed by atoms with Crippen molar-refractivity contribution in [3.8, 4) is 0 Å². The first-order valence-electron chi connectivity index (χ1n) is 4.78. The summed E-state index contributed by atoms with van der Waals surface area (Å²) in [5.41, 5.74) is 3.71. The van der Waals surface area contributed by atoms with Crippen molar-refractivity contribution in [1.29, 1.82) is 0 Å². The van der Waals surface area contributed by atoms with Gasteiger partial charge in [-0.1, -0.05) is 30.3 Å². The number of nitrogen functional groups attached to an aromatic ring is 1. The topological polar surface area (TPSA) is 81.1 Å². The Labute approximate surface area is 92.8 Å². The van der Waals surface area contributed by atoms with E-state index in [1.54, 1.807) is 13.1 Å². The van der Waals surface area contributed by atoms with Gasteiger partial charge >= 0.3 is 0 Å². The summed E-state index contributed by atoms with van der Waals surface area (Å²) in [4.78, 5) is 0. The quantitative estimate of drug-likeness (QED) is 0.450. The van der Waals surface area contributed by atoms with Gasteiger partial charge in [0.2, 0.25) is 0 Å². The minimum atomic E-state index is 0.407. The highest BCUT2D eigenvalue weighted by molar-refractivity contribution is 5.79. The third-order valence-corrected chi connectivity index (χ3v) is 2.04. The Morgan fingerprint density at radius 1 is 1.31 bits per heavy atom. The van der Waals surface area contributed by atoms with Crippen LogP contribution in [0, 0.1) is 6.92 Å². The molecule has 2 rings (SSSR count). The van der Waals surface area contributed by atoms with Gasteiger partial charge in [0.25, 0.3) is 5.95 Å². The average molecular weight is 216 g/mol. The molecule has 0 spiro atoms. The average Bonchev–Trinajstić information content (AvgIpc) is 2.62. The van der Waals surface area contributed by atoms with E-state index in [0.717, 1.165) is 5.56 Å². The molecule has 1 aromatic carbocycles. The lowest BCUT2D eigenvalue weighted by atomic mass is 10.2. The van der Waals surface area contributed by atoms with E-state index in [2.05, 4.69) is 20.7 Å². The van der Waals surface area contributed by atoms with E-state index in [0.29, 0.717) is 11.8 Å². The number of anilines is 1. The van der Waals surface area contributed by atoms with Crippen LogP contribution in [-0.2, 0) is 0 Å². The summed E-state index contributed by atoms with van der Waals surface area (Å²) < 4.78 is 1.34. The lowest BCUT2D eigenvalue weighted by Crippen LogP contribution is -2.13. The van der Waals surface area contributed by atoms with Crippen LogP contribution in [0.2, 0.25) is 0 Å². The molecular formula is C10H12N6. The number of rotatable bonds is 3. The SMILES string of the molecule is Cc1nnc(N/N=C/c2ccccc2)n1N. The zero-order valence-electron chi connectivity index (χ0n) is 8.83. The van der Waals surface area contributed by atoms with Crippen molar-refractivity contribution in [2.75, 3.05) is 11.3 Å². The first-order chi connectivity index (χ1) is 7.77. The summed E-state index contributed by atoms with van der Waals surface area (Å²) in [6.07, 6.45) is 1.68. The highest BCUT2D eigenvalue weighted by Crippen LogP contribution is 2.01. The monoisotopic (exact) mass is 216 g/mol. The molecule has 2 aromatic rings. The minimum Gasteiger partial charge on any atom is -0.335 e. The Bertz CT molecular complexity index is 487. The molecule has 0 aliphatic heterocycles. The van der Waals surface area contributed by atoms with E-state index >= 15 is 0 Å². The van der Waals surface area contributed by atoms with E-state index < -0.39 is 0 Å². The molecule has 1 aromatic heterocycles. The largest absolute Gasteiger partial charge is 0.335 e. The molecule has 1 heterocycles. The number of nitrogens with zero attached hydrogens (tertiary/aromatic N) is 4. The Morgan fingerprint density at radius 2 is 2.06 bits per heavy atom. The number of hydrogen-bond acceptors (Lipinski definition) is 5. The van der Waals surface area contributed by atoms with E-state index in [-0.39, 0.29) is 0 Å². The fraction of sp³-hybridized carbons (Fsp3) is 0.100. The molecule has 0 radical (unpaired) electrons. The summed E-state index contributed by atoms with van der Waals surface area (Å²) in [6, 6.07) is 9.73. The summed E-state index contributed by atoms with van der Waals surface area (Å²) in [5.74, 6) is 6.67. The van der Waals surface area contributed by atoms with Crippen LogP contribution < -0.4 is 11.3 Å². The zero-order chi connectivity index (χ0) is 11.4. The lowest BCUT2D eigenvalue weighted by Gasteiger charge is -1.98. The van der Waals surface area contributed by atoms with Crippen molar-refractivity contribution in [3.05, 3.63) is 41.7 Å². The summed E-state index contributed by atoms with van der Waals surface area (Å²) in [5, 5.41) is 11.6. The Hall–Kier alpha value is -2.37. The Balaban J connectivity index is 2.03. The maximum atomic E-state index is 5.64. The van der Waals surface area contributed by atoms with Crippen LogP contribution >= 0.6 is 0 Å². The highest BCUT2D eigenvalue weighted by atomic mass is 15.5. The molecule has 0 unspecified atom stereocenters. The summed E-state index contributed by atoms with van der Waals surface area (Å²) >= 11 is 0. The summed E-state index contributed by atoms with van der Waals surface area (Å²) in [7, 11) is 0. The molecule has 0 bridgehead atoms. The van der Waals surface area contributed by atoms with Gasteiger partial charge in [-0.3, -0.25) is 0 Å². The number of benzene rings is 1. The second kappa shape index (κ2) is 4.43. The van der Waals surface area contributed by atoms with Crippen LogP contribution in [0.3, 0.4) is 0 Å². The maximum Gasteiger partial charge on any atom is 0.263 e. The van der Waals surface area contributed by atoms with Gasteiger partial charge in [0.1, 0.15) is 0 Å². The van der Waals surface area contributed by atoms with Gasteiger partial charge in [-0.25, -0.2) is 10.1 Å². The predicted octanol–water partition coefficient (Wildman–Crippen LogP) is 0.746.